The summed E-state index contributed by atoms with van der Waals surface area (Å²) >= 11 is 5.15. The first kappa shape index (κ1) is 26.0. The molecule has 0 spiro atoms. The van der Waals surface area contributed by atoms with Crippen LogP contribution in [0.5, 0.6) is 5.75 Å². The number of nitro benzene ring substituents is 1. The Morgan fingerprint density at radius 3 is 2.38 bits per heavy atom. The Hall–Kier alpha value is -2.24. The van der Waals surface area contributed by atoms with Crippen molar-refractivity contribution in [2.75, 3.05) is 0 Å². The topological polar surface area (TPSA) is 150 Å². The van der Waals surface area contributed by atoms with Crippen molar-refractivity contribution < 1.29 is 45.7 Å². The number of carbonyl (C=O) groups is 2. The Labute approximate surface area is 201 Å². The van der Waals surface area contributed by atoms with Crippen LogP contribution in [0, 0.1) is 13.7 Å². The van der Waals surface area contributed by atoms with Gasteiger partial charge < -0.3 is 9.47 Å². The van der Waals surface area contributed by atoms with Gasteiger partial charge in [0.15, 0.2) is 6.10 Å². The molecule has 2 aromatic carbocycles. The Morgan fingerprint density at radius 1 is 1.22 bits per heavy atom. The minimum Gasteiger partial charge on any atom is -0.451 e. The normalized spacial score (nSPS) is 12.7. The van der Waals surface area contributed by atoms with Gasteiger partial charge in [0.05, 0.1) is 10.5 Å². The van der Waals surface area contributed by atoms with Gasteiger partial charge in [0.2, 0.25) is 0 Å². The lowest BCUT2D eigenvalue weighted by atomic mass is 10.1. The smallest absolute Gasteiger partial charge is 0.405 e. The maximum absolute atomic E-state index is 13.6. The molecule has 0 aliphatic carbocycles. The molecule has 0 radical (unpaired) electrons. The number of nitro groups is 1. The van der Waals surface area contributed by atoms with Crippen molar-refractivity contribution in [3.05, 3.63) is 65.7 Å². The van der Waals surface area contributed by atoms with Gasteiger partial charge >= 0.3 is 27.3 Å². The van der Waals surface area contributed by atoms with Crippen LogP contribution >= 0.6 is 38.5 Å². The first-order valence-corrected chi connectivity index (χ1v) is 11.5. The van der Waals surface area contributed by atoms with Crippen LogP contribution in [-0.4, -0.2) is 41.2 Å². The van der Waals surface area contributed by atoms with Crippen LogP contribution in [-0.2, 0) is 14.9 Å². The predicted molar refractivity (Wildman–Crippen MR) is 116 cm³/mol. The van der Waals surface area contributed by atoms with E-state index < -0.39 is 49.6 Å². The highest BCUT2D eigenvalue weighted by Crippen LogP contribution is 2.30. The fourth-order valence-electron chi connectivity index (χ4n) is 2.24. The Balaban J connectivity index is 2.36. The maximum atomic E-state index is 13.6. The van der Waals surface area contributed by atoms with Gasteiger partial charge in [-0.05, 0) is 53.8 Å². The maximum Gasteiger partial charge on any atom is 0.405 e. The van der Waals surface area contributed by atoms with Crippen molar-refractivity contribution in [3.8, 4) is 5.75 Å². The van der Waals surface area contributed by atoms with Crippen LogP contribution in [0.25, 0.3) is 0 Å². The summed E-state index contributed by atoms with van der Waals surface area (Å²) in [7, 11) is -5.94. The molecule has 0 bridgehead atoms. The van der Waals surface area contributed by atoms with Crippen molar-refractivity contribution >= 4 is 66.3 Å². The number of benzene rings is 2. The molecule has 10 nitrogen and oxygen atoms in total. The lowest BCUT2D eigenvalue weighted by Crippen LogP contribution is -2.42. The predicted octanol–water partition coefficient (Wildman–Crippen LogP) is 4.21. The third-order valence-electron chi connectivity index (χ3n) is 3.79. The number of halogens is 4. The first-order chi connectivity index (χ1) is 14.6. The molecule has 2 rings (SSSR count). The molecule has 32 heavy (non-hydrogen) atoms. The second-order valence-corrected chi connectivity index (χ2v) is 9.72. The second-order valence-electron chi connectivity index (χ2n) is 6.07. The van der Waals surface area contributed by atoms with E-state index in [9.17, 15) is 36.9 Å². The third kappa shape index (κ3) is 5.96. The van der Waals surface area contributed by atoms with Crippen molar-refractivity contribution in [1.29, 1.82) is 0 Å². The van der Waals surface area contributed by atoms with Crippen molar-refractivity contribution in [3.63, 3.8) is 0 Å². The molecule has 15 heteroatoms. The monoisotopic (exact) mass is 649 g/mol. The molecule has 0 aromatic heterocycles. The fraction of sp³-hybridized carbons (Fsp3) is 0.176. The van der Waals surface area contributed by atoms with Crippen molar-refractivity contribution in [1.82, 2.24) is 0 Å². The number of carbonyl (C=O) groups excluding carboxylic acids is 2. The quantitative estimate of drug-likeness (QED) is 0.116. The summed E-state index contributed by atoms with van der Waals surface area (Å²) < 4.78 is 68.1. The highest BCUT2D eigenvalue weighted by molar-refractivity contribution is 14.1. The van der Waals surface area contributed by atoms with Gasteiger partial charge in [-0.1, -0.05) is 15.9 Å². The van der Waals surface area contributed by atoms with Gasteiger partial charge in [0, 0.05) is 20.2 Å². The van der Waals surface area contributed by atoms with E-state index in [4.69, 9.17) is 9.29 Å². The molecule has 0 amide bonds. The van der Waals surface area contributed by atoms with Gasteiger partial charge in [0.1, 0.15) is 11.3 Å². The average Bonchev–Trinajstić information content (AvgIpc) is 2.65. The summed E-state index contributed by atoms with van der Waals surface area (Å²) in [6.45, 7) is 0.469. The molecule has 2 aromatic rings. The minimum absolute atomic E-state index is 0.104. The highest BCUT2D eigenvalue weighted by atomic mass is 127. The number of hydrogen-bond donors (Lipinski definition) is 1. The Bertz CT molecular complexity index is 1190. The van der Waals surface area contributed by atoms with Crippen LogP contribution in [0.3, 0.4) is 0 Å². The van der Waals surface area contributed by atoms with Crippen LogP contribution in [0.2, 0.25) is 0 Å². The second kappa shape index (κ2) is 9.72. The van der Waals surface area contributed by atoms with Crippen molar-refractivity contribution in [2.45, 2.75) is 18.3 Å². The van der Waals surface area contributed by atoms with E-state index >= 15 is 0 Å². The summed E-state index contributed by atoms with van der Waals surface area (Å²) in [6.07, 6.45) is -2.69. The molecule has 0 fully saturated rings. The molecule has 0 saturated carbocycles. The fourth-order valence-corrected chi connectivity index (χ4v) is 4.30. The summed E-state index contributed by atoms with van der Waals surface area (Å²) in [5, 5.41) is 6.32. The van der Waals surface area contributed by atoms with Gasteiger partial charge in [-0.25, -0.2) is 9.59 Å². The molecule has 172 valence electrons. The van der Waals surface area contributed by atoms with Gasteiger partial charge in [-0.2, -0.15) is 17.2 Å². The van der Waals surface area contributed by atoms with Crippen LogP contribution in [0.4, 0.5) is 14.5 Å². The molecule has 0 aliphatic heterocycles. The standard InChI is InChI=1S/C17H11BrF2INO9S/c1-8(17(19,20)32(27,28)29)30-16(24)13-7-12(2-3-14(13)22(25)26)31-15(23)9-4-10(18)6-11(21)5-9/h2-8H,1H3,(H,27,28,29). The average molecular weight is 650 g/mol. The molecule has 0 heterocycles. The molecular formula is C17H11BrF2INO9S. The molecule has 1 unspecified atom stereocenters. The summed E-state index contributed by atoms with van der Waals surface area (Å²) in [4.78, 5) is 34.8. The number of esters is 2. The number of hydrogen-bond acceptors (Lipinski definition) is 8. The first-order valence-electron chi connectivity index (χ1n) is 8.16. The summed E-state index contributed by atoms with van der Waals surface area (Å²) in [6, 6.07) is 7.10. The zero-order valence-electron chi connectivity index (χ0n) is 15.6. The van der Waals surface area contributed by atoms with Crippen molar-refractivity contribution in [2.24, 2.45) is 0 Å². The lowest BCUT2D eigenvalue weighted by Gasteiger charge is -2.20. The Kier molecular flexibility index (Phi) is 7.90. The number of ether oxygens (including phenoxy) is 2. The summed E-state index contributed by atoms with van der Waals surface area (Å²) in [5.41, 5.74) is -1.66. The van der Waals surface area contributed by atoms with Crippen LogP contribution < -0.4 is 4.74 Å². The number of nitrogens with zero attached hydrogens (tertiary/aromatic N) is 1. The van der Waals surface area contributed by atoms with E-state index in [0.717, 1.165) is 12.1 Å². The van der Waals surface area contributed by atoms with E-state index in [1.54, 1.807) is 6.07 Å². The van der Waals surface area contributed by atoms with Gasteiger partial charge in [-0.3, -0.25) is 14.7 Å². The largest absolute Gasteiger partial charge is 0.451 e. The third-order valence-corrected chi connectivity index (χ3v) is 5.89. The zero-order chi connectivity index (χ0) is 24.4. The molecule has 0 aliphatic rings. The molecule has 1 N–H and O–H groups in total. The van der Waals surface area contributed by atoms with Crippen LogP contribution in [0.15, 0.2) is 40.9 Å². The van der Waals surface area contributed by atoms with E-state index in [1.807, 2.05) is 22.6 Å². The Morgan fingerprint density at radius 2 is 1.84 bits per heavy atom. The summed E-state index contributed by atoms with van der Waals surface area (Å²) in [5.74, 6) is -2.94. The lowest BCUT2D eigenvalue weighted by molar-refractivity contribution is -0.385. The van der Waals surface area contributed by atoms with Gasteiger partial charge in [0.25, 0.3) is 5.69 Å². The molecule has 0 saturated heterocycles. The zero-order valence-corrected chi connectivity index (χ0v) is 20.2. The van der Waals surface area contributed by atoms with E-state index in [-0.39, 0.29) is 11.3 Å². The van der Waals surface area contributed by atoms with E-state index in [2.05, 4.69) is 20.7 Å². The van der Waals surface area contributed by atoms with Gasteiger partial charge in [-0.15, -0.1) is 0 Å². The number of alkyl halides is 2. The molecule has 1 atom stereocenters. The minimum atomic E-state index is -5.94. The van der Waals surface area contributed by atoms with E-state index in [1.165, 1.54) is 12.1 Å². The number of rotatable bonds is 7. The van der Waals surface area contributed by atoms with Crippen LogP contribution in [0.1, 0.15) is 27.6 Å². The highest BCUT2D eigenvalue weighted by Gasteiger charge is 2.52. The van der Waals surface area contributed by atoms with E-state index in [0.29, 0.717) is 21.0 Å². The molecular weight excluding hydrogens is 639 g/mol. The SMILES string of the molecule is CC(OC(=O)c1cc(OC(=O)c2cc(Br)cc(I)c2)ccc1[N+](=O)[O-])C(F)(F)S(=O)(=O)O.